The number of hydrogen-bond acceptors (Lipinski definition) is 15. The number of thioether (sulfide) groups is 1. The number of hydrogen-bond donors (Lipinski definition) is 3. The number of nitrogens with zero attached hydrogens (tertiary/aromatic N) is 7. The van der Waals surface area contributed by atoms with Crippen LogP contribution < -0.4 is 42.2 Å². The van der Waals surface area contributed by atoms with E-state index in [9.17, 15) is 19.2 Å². The van der Waals surface area contributed by atoms with Crippen molar-refractivity contribution in [2.45, 2.75) is 76.9 Å². The summed E-state index contributed by atoms with van der Waals surface area (Å²) in [7, 11) is 1.57. The predicted octanol–water partition coefficient (Wildman–Crippen LogP) is 0.255. The van der Waals surface area contributed by atoms with Gasteiger partial charge in [-0.15, -0.1) is 16.7 Å². The number of β-lactam (4-membered cyclic amide) rings is 1. The van der Waals surface area contributed by atoms with Crippen molar-refractivity contribution in [3.05, 3.63) is 71.6 Å². The first-order valence-electron chi connectivity index (χ1n) is 18.3. The van der Waals surface area contributed by atoms with Crippen molar-refractivity contribution in [2.24, 2.45) is 5.16 Å². The standard InChI is InChI=1S/C37H42N10O8S2.BrH/c1-6-54-43-26(29-41-35(57-44-29)42-36(51)55-37(2,3)4)31(48)40-27-32(49)47-28(34(50)53-18-21-11-13-23(52-5)14-12-21)22(19-56-33(27)47)17-45-20-46(25-10-8-15-38-25)24-9-7-16-39-30(24)45;/h7,9,11-14,16,20,25,27,33,38H,6,8,10,15,17-19H2,1-5H3,(H-,40,41,42,44,48,51);1H/b43-26-;. The lowest BCUT2D eigenvalue weighted by molar-refractivity contribution is -0.665. The second-order valence-corrected chi connectivity index (χ2v) is 16.1. The minimum absolute atomic E-state index is 0. The van der Waals surface area contributed by atoms with Crippen molar-refractivity contribution in [2.75, 3.05) is 31.3 Å². The molecule has 308 valence electrons. The number of imidazole rings is 1. The number of fused-ring (bicyclic) bond motifs is 2. The van der Waals surface area contributed by atoms with Crippen molar-refractivity contribution >= 4 is 69.2 Å². The topological polar surface area (TPSA) is 204 Å². The summed E-state index contributed by atoms with van der Waals surface area (Å²) >= 11 is 2.22. The highest BCUT2D eigenvalue weighted by atomic mass is 79.9. The maximum atomic E-state index is 14.1. The Balaban J connectivity index is 0.00000567. The van der Waals surface area contributed by atoms with E-state index < -0.39 is 40.9 Å². The summed E-state index contributed by atoms with van der Waals surface area (Å²) in [5.41, 5.74) is 2.15. The molecule has 0 saturated carbocycles. The average molecular weight is 900 g/mol. The normalized spacial score (nSPS) is 19.2. The third-order valence-corrected chi connectivity index (χ3v) is 11.1. The Hall–Kier alpha value is -5.12. The molecule has 3 N–H and O–H groups in total. The van der Waals surface area contributed by atoms with E-state index in [0.717, 1.165) is 47.6 Å². The Bertz CT molecular complexity index is 2230. The molecule has 2 fully saturated rings. The molecule has 3 unspecified atom stereocenters. The molecule has 2 saturated heterocycles. The number of anilines is 1. The zero-order valence-corrected chi connectivity index (χ0v) is 35.6. The Kier molecular flexibility index (Phi) is 13.3. The molecule has 3 aromatic heterocycles. The van der Waals surface area contributed by atoms with Crippen LogP contribution in [0.1, 0.15) is 58.1 Å². The summed E-state index contributed by atoms with van der Waals surface area (Å²) in [5, 5.41) is 12.1. The third kappa shape index (κ3) is 9.27. The zero-order valence-electron chi connectivity index (χ0n) is 32.4. The van der Waals surface area contributed by atoms with Crippen molar-refractivity contribution in [3.8, 4) is 5.75 Å². The largest absolute Gasteiger partial charge is 1.00 e. The van der Waals surface area contributed by atoms with Crippen LogP contribution in [-0.2, 0) is 41.8 Å². The lowest BCUT2D eigenvalue weighted by Gasteiger charge is -2.49. The highest BCUT2D eigenvalue weighted by molar-refractivity contribution is 8.00. The number of pyridine rings is 1. The third-order valence-electron chi connectivity index (χ3n) is 9.11. The van der Waals surface area contributed by atoms with Crippen LogP contribution in [0.15, 0.2) is 65.3 Å². The molecule has 58 heavy (non-hydrogen) atoms. The second-order valence-electron chi connectivity index (χ2n) is 14.3. The summed E-state index contributed by atoms with van der Waals surface area (Å²) in [5.74, 6) is -1.07. The van der Waals surface area contributed by atoms with Gasteiger partial charge < -0.3 is 41.3 Å². The van der Waals surface area contributed by atoms with Crippen LogP contribution in [0.25, 0.3) is 11.2 Å². The molecule has 0 bridgehead atoms. The molecule has 0 aliphatic carbocycles. The minimum atomic E-state index is -1.03. The molecule has 7 rings (SSSR count). The van der Waals surface area contributed by atoms with E-state index >= 15 is 0 Å². The van der Waals surface area contributed by atoms with Gasteiger partial charge in [0.2, 0.25) is 16.7 Å². The minimum Gasteiger partial charge on any atom is -1.00 e. The lowest BCUT2D eigenvalue weighted by Crippen LogP contribution is -3.00. The molecule has 4 aromatic rings. The SMILES string of the molecule is CCO/N=C(\C(=O)NC1C(=O)N2C(C(=O)OCc3ccc(OC)cc3)=C(C[n+]3cn(C4CCCN4)c4cccnc43)CSC12)c1nsc(NC(=O)OC(C)(C)C)n1.[Br-]. The highest BCUT2D eigenvalue weighted by Gasteiger charge is 2.55. The summed E-state index contributed by atoms with van der Waals surface area (Å²) in [6, 6.07) is 10.0. The van der Waals surface area contributed by atoms with Gasteiger partial charge in [0.05, 0.1) is 13.7 Å². The van der Waals surface area contributed by atoms with Gasteiger partial charge in [0.1, 0.15) is 54.0 Å². The predicted molar refractivity (Wildman–Crippen MR) is 209 cm³/mol. The van der Waals surface area contributed by atoms with Gasteiger partial charge in [0.25, 0.3) is 11.8 Å². The molecule has 3 amide bonds. The highest BCUT2D eigenvalue weighted by Crippen LogP contribution is 2.41. The van der Waals surface area contributed by atoms with Crippen LogP contribution in [0.4, 0.5) is 9.93 Å². The van der Waals surface area contributed by atoms with E-state index in [1.807, 2.05) is 23.0 Å². The quantitative estimate of drug-likeness (QED) is 0.0543. The molecule has 3 atom stereocenters. The zero-order chi connectivity index (χ0) is 40.3. The van der Waals surface area contributed by atoms with Gasteiger partial charge in [-0.3, -0.25) is 25.1 Å². The first kappa shape index (κ1) is 42.5. The maximum absolute atomic E-state index is 14.1. The van der Waals surface area contributed by atoms with Crippen LogP contribution in [-0.4, -0.2) is 96.4 Å². The molecule has 3 aliphatic heterocycles. The van der Waals surface area contributed by atoms with Gasteiger partial charge in [-0.05, 0) is 76.9 Å². The first-order valence-corrected chi connectivity index (χ1v) is 20.2. The second kappa shape index (κ2) is 18.2. The number of rotatable bonds is 13. The Labute approximate surface area is 352 Å². The Morgan fingerprint density at radius 1 is 1.16 bits per heavy atom. The number of benzene rings is 1. The monoisotopic (exact) mass is 898 g/mol. The molecule has 0 spiro atoms. The fourth-order valence-corrected chi connectivity index (χ4v) is 8.46. The number of oxime groups is 1. The fraction of sp³-hybridized carbons (Fsp3) is 0.432. The van der Waals surface area contributed by atoms with E-state index in [2.05, 4.69) is 40.0 Å². The van der Waals surface area contributed by atoms with Crippen LogP contribution in [0, 0.1) is 0 Å². The Morgan fingerprint density at radius 3 is 2.66 bits per heavy atom. The van der Waals surface area contributed by atoms with Crippen molar-refractivity contribution in [1.29, 1.82) is 0 Å². The van der Waals surface area contributed by atoms with E-state index in [1.54, 1.807) is 65.3 Å². The molecule has 6 heterocycles. The number of esters is 1. The number of ether oxygens (including phenoxy) is 3. The van der Waals surface area contributed by atoms with Gasteiger partial charge in [0, 0.05) is 22.9 Å². The van der Waals surface area contributed by atoms with Gasteiger partial charge in [-0.2, -0.15) is 9.36 Å². The molecule has 21 heteroatoms. The molecular weight excluding hydrogens is 857 g/mol. The average Bonchev–Trinajstić information content (AvgIpc) is 3.97. The number of nitrogens with one attached hydrogen (secondary N) is 3. The van der Waals surface area contributed by atoms with Crippen molar-refractivity contribution in [1.82, 2.24) is 34.4 Å². The Morgan fingerprint density at radius 2 is 1.95 bits per heavy atom. The summed E-state index contributed by atoms with van der Waals surface area (Å²) in [6.07, 6.45) is 5.10. The summed E-state index contributed by atoms with van der Waals surface area (Å²) in [6.45, 7) is 8.13. The van der Waals surface area contributed by atoms with E-state index in [1.165, 1.54) is 16.7 Å². The van der Waals surface area contributed by atoms with E-state index in [0.29, 0.717) is 17.1 Å². The number of aromatic nitrogens is 5. The molecule has 18 nitrogen and oxygen atoms in total. The van der Waals surface area contributed by atoms with Crippen LogP contribution in [0.2, 0.25) is 0 Å². The number of carbonyl (C=O) groups is 4. The van der Waals surface area contributed by atoms with Crippen molar-refractivity contribution in [3.63, 3.8) is 0 Å². The van der Waals surface area contributed by atoms with Gasteiger partial charge in [-0.1, -0.05) is 17.3 Å². The van der Waals surface area contributed by atoms with Gasteiger partial charge >= 0.3 is 17.7 Å². The maximum Gasteiger partial charge on any atom is 0.414 e. The van der Waals surface area contributed by atoms with Crippen LogP contribution >= 0.6 is 23.3 Å². The number of halogens is 1. The fourth-order valence-electron chi connectivity index (χ4n) is 6.57. The number of amides is 3. The summed E-state index contributed by atoms with van der Waals surface area (Å²) in [4.78, 5) is 69.7. The molecular formula is C37H43BrN10O8S2. The molecule has 0 radical (unpaired) electrons. The van der Waals surface area contributed by atoms with Gasteiger partial charge in [0.15, 0.2) is 11.8 Å². The molecule has 1 aromatic carbocycles. The number of carbonyl (C=O) groups excluding carboxylic acids is 4. The van der Waals surface area contributed by atoms with Crippen LogP contribution in [0.5, 0.6) is 5.75 Å². The smallest absolute Gasteiger partial charge is 0.414 e. The summed E-state index contributed by atoms with van der Waals surface area (Å²) < 4.78 is 24.7. The molecule has 3 aliphatic rings. The van der Waals surface area contributed by atoms with E-state index in [-0.39, 0.29) is 65.3 Å². The van der Waals surface area contributed by atoms with Crippen molar-refractivity contribution < 1.29 is 59.8 Å². The lowest BCUT2D eigenvalue weighted by atomic mass is 10.0. The van der Waals surface area contributed by atoms with Crippen LogP contribution in [0.3, 0.4) is 0 Å². The number of methoxy groups -OCH3 is 1. The first-order chi connectivity index (χ1) is 27.4. The van der Waals surface area contributed by atoms with E-state index in [4.69, 9.17) is 19.0 Å². The van der Waals surface area contributed by atoms with Gasteiger partial charge in [-0.25, -0.2) is 18.7 Å².